The summed E-state index contributed by atoms with van der Waals surface area (Å²) in [4.78, 5) is 10.7. The topological polar surface area (TPSA) is 17.1 Å². The van der Waals surface area contributed by atoms with E-state index in [2.05, 4.69) is 13.8 Å². The van der Waals surface area contributed by atoms with Gasteiger partial charge in [0.05, 0.1) is 0 Å². The van der Waals surface area contributed by atoms with Crippen molar-refractivity contribution in [2.24, 2.45) is 5.92 Å². The molecule has 0 aromatic heterocycles. The van der Waals surface area contributed by atoms with Gasteiger partial charge in [0.1, 0.15) is 6.29 Å². The summed E-state index contributed by atoms with van der Waals surface area (Å²) in [5, 5.41) is 0. The number of hydrogen-bond acceptors (Lipinski definition) is 1. The quantitative estimate of drug-likeness (QED) is 0.149. The molecule has 0 saturated carbocycles. The van der Waals surface area contributed by atoms with E-state index in [1.165, 1.54) is 116 Å². The van der Waals surface area contributed by atoms with Gasteiger partial charge in [-0.05, 0) is 12.8 Å². The Balaban J connectivity index is 3.04. The maximum atomic E-state index is 10.7. The van der Waals surface area contributed by atoms with Gasteiger partial charge in [-0.25, -0.2) is 0 Å². The molecule has 0 N–H and O–H groups in total. The molecule has 0 bridgehead atoms. The van der Waals surface area contributed by atoms with Crippen LogP contribution in [0.25, 0.3) is 0 Å². The molecule has 150 valence electrons. The van der Waals surface area contributed by atoms with Gasteiger partial charge in [0, 0.05) is 5.92 Å². The first-order valence-electron chi connectivity index (χ1n) is 11.8. The molecule has 1 nitrogen and oxygen atoms in total. The molecule has 0 aliphatic carbocycles. The van der Waals surface area contributed by atoms with Crippen molar-refractivity contribution in [2.75, 3.05) is 0 Å². The SMILES string of the molecule is CCCCCCCCCCCCCCCCCCCCC(C=O)CC. The van der Waals surface area contributed by atoms with E-state index in [1.54, 1.807) is 0 Å². The van der Waals surface area contributed by atoms with Crippen LogP contribution in [0.5, 0.6) is 0 Å². The Kier molecular flexibility index (Phi) is 21.4. The minimum Gasteiger partial charge on any atom is -0.303 e. The smallest absolute Gasteiger partial charge is 0.123 e. The fourth-order valence-electron chi connectivity index (χ4n) is 3.68. The van der Waals surface area contributed by atoms with Crippen LogP contribution in [0.15, 0.2) is 0 Å². The summed E-state index contributed by atoms with van der Waals surface area (Å²) in [6.45, 7) is 4.41. The van der Waals surface area contributed by atoms with Gasteiger partial charge in [0.2, 0.25) is 0 Å². The molecule has 0 spiro atoms. The van der Waals surface area contributed by atoms with Crippen molar-refractivity contribution in [1.29, 1.82) is 0 Å². The number of hydrogen-bond donors (Lipinski definition) is 0. The van der Waals surface area contributed by atoms with E-state index in [0.717, 1.165) is 19.1 Å². The van der Waals surface area contributed by atoms with Crippen molar-refractivity contribution in [2.45, 2.75) is 142 Å². The van der Waals surface area contributed by atoms with E-state index in [1.807, 2.05) is 0 Å². The molecule has 0 aliphatic heterocycles. The Labute approximate surface area is 159 Å². The lowest BCUT2D eigenvalue weighted by Crippen LogP contribution is -1.99. The summed E-state index contributed by atoms with van der Waals surface area (Å²) in [7, 11) is 0. The van der Waals surface area contributed by atoms with Crippen molar-refractivity contribution in [3.05, 3.63) is 0 Å². The van der Waals surface area contributed by atoms with Crippen LogP contribution in [0, 0.1) is 5.92 Å². The van der Waals surface area contributed by atoms with Crippen molar-refractivity contribution < 1.29 is 4.79 Å². The van der Waals surface area contributed by atoms with Gasteiger partial charge in [-0.15, -0.1) is 0 Å². The normalized spacial score (nSPS) is 12.4. The Morgan fingerprint density at radius 3 is 1.12 bits per heavy atom. The van der Waals surface area contributed by atoms with Gasteiger partial charge in [-0.1, -0.05) is 129 Å². The van der Waals surface area contributed by atoms with Crippen LogP contribution in [0.2, 0.25) is 0 Å². The second kappa shape index (κ2) is 21.7. The summed E-state index contributed by atoms with van der Waals surface area (Å²) in [5.74, 6) is 0.320. The number of aldehydes is 1. The first kappa shape index (κ1) is 24.7. The zero-order valence-electron chi connectivity index (χ0n) is 17.7. The van der Waals surface area contributed by atoms with Crippen LogP contribution in [0.1, 0.15) is 142 Å². The van der Waals surface area contributed by atoms with E-state index < -0.39 is 0 Å². The van der Waals surface area contributed by atoms with Gasteiger partial charge in [0.15, 0.2) is 0 Å². The van der Waals surface area contributed by atoms with Crippen molar-refractivity contribution in [3.63, 3.8) is 0 Å². The highest BCUT2D eigenvalue weighted by Gasteiger charge is 2.03. The lowest BCUT2D eigenvalue weighted by Gasteiger charge is -2.06. The molecule has 0 radical (unpaired) electrons. The molecule has 0 aliphatic rings. The van der Waals surface area contributed by atoms with E-state index in [9.17, 15) is 4.79 Å². The Morgan fingerprint density at radius 2 is 0.840 bits per heavy atom. The van der Waals surface area contributed by atoms with Crippen LogP contribution in [0.4, 0.5) is 0 Å². The molecule has 25 heavy (non-hydrogen) atoms. The van der Waals surface area contributed by atoms with Crippen LogP contribution < -0.4 is 0 Å². The lowest BCUT2D eigenvalue weighted by molar-refractivity contribution is -0.111. The summed E-state index contributed by atoms with van der Waals surface area (Å²) < 4.78 is 0. The van der Waals surface area contributed by atoms with E-state index in [-0.39, 0.29) is 0 Å². The summed E-state index contributed by atoms with van der Waals surface area (Å²) in [6, 6.07) is 0. The van der Waals surface area contributed by atoms with Crippen molar-refractivity contribution in [3.8, 4) is 0 Å². The van der Waals surface area contributed by atoms with Gasteiger partial charge in [0.25, 0.3) is 0 Å². The predicted octanol–water partition coefficient (Wildman–Crippen LogP) is 8.64. The third-order valence-corrected chi connectivity index (χ3v) is 5.65. The average molecular weight is 353 g/mol. The highest BCUT2D eigenvalue weighted by molar-refractivity contribution is 5.53. The first-order valence-corrected chi connectivity index (χ1v) is 11.8. The third-order valence-electron chi connectivity index (χ3n) is 5.65. The molecule has 0 heterocycles. The Hall–Kier alpha value is -0.330. The molecule has 0 amide bonds. The second-order valence-corrected chi connectivity index (χ2v) is 8.10. The zero-order valence-corrected chi connectivity index (χ0v) is 17.7. The standard InChI is InChI=1S/C24H48O/c1-3-5-6-7-8-9-10-11-12-13-14-15-16-17-18-19-20-21-22-24(4-2)23-25/h23-24H,3-22H2,1-2H3. The maximum absolute atomic E-state index is 10.7. The molecular formula is C24H48O. The summed E-state index contributed by atoms with van der Waals surface area (Å²) in [5.41, 5.74) is 0. The van der Waals surface area contributed by atoms with Gasteiger partial charge >= 0.3 is 0 Å². The minimum absolute atomic E-state index is 0.320. The number of unbranched alkanes of at least 4 members (excludes halogenated alkanes) is 17. The summed E-state index contributed by atoms with van der Waals surface area (Å²) >= 11 is 0. The minimum atomic E-state index is 0.320. The fraction of sp³-hybridized carbons (Fsp3) is 0.958. The first-order chi connectivity index (χ1) is 12.3. The molecule has 0 aromatic carbocycles. The monoisotopic (exact) mass is 352 g/mol. The van der Waals surface area contributed by atoms with Gasteiger partial charge in [-0.3, -0.25) is 0 Å². The predicted molar refractivity (Wildman–Crippen MR) is 113 cm³/mol. The maximum Gasteiger partial charge on any atom is 0.123 e. The molecule has 0 aromatic rings. The van der Waals surface area contributed by atoms with E-state index in [0.29, 0.717) is 5.92 Å². The third kappa shape index (κ3) is 19.8. The lowest BCUT2D eigenvalue weighted by atomic mass is 9.99. The molecule has 0 fully saturated rings. The average Bonchev–Trinajstić information content (AvgIpc) is 2.64. The van der Waals surface area contributed by atoms with Crippen LogP contribution in [0.3, 0.4) is 0 Å². The summed E-state index contributed by atoms with van der Waals surface area (Å²) in [6.07, 6.45) is 28.9. The zero-order chi connectivity index (χ0) is 18.4. The highest BCUT2D eigenvalue weighted by atomic mass is 16.1. The molecule has 1 unspecified atom stereocenters. The van der Waals surface area contributed by atoms with E-state index in [4.69, 9.17) is 0 Å². The molecule has 0 saturated heterocycles. The number of carbonyl (C=O) groups excluding carboxylic acids is 1. The number of rotatable bonds is 21. The van der Waals surface area contributed by atoms with Crippen molar-refractivity contribution >= 4 is 6.29 Å². The van der Waals surface area contributed by atoms with Gasteiger partial charge < -0.3 is 4.79 Å². The molecule has 1 atom stereocenters. The van der Waals surface area contributed by atoms with Crippen LogP contribution in [-0.2, 0) is 4.79 Å². The Morgan fingerprint density at radius 1 is 0.520 bits per heavy atom. The largest absolute Gasteiger partial charge is 0.303 e. The number of carbonyl (C=O) groups is 1. The fourth-order valence-corrected chi connectivity index (χ4v) is 3.68. The van der Waals surface area contributed by atoms with Crippen LogP contribution >= 0.6 is 0 Å². The molecular weight excluding hydrogens is 304 g/mol. The second-order valence-electron chi connectivity index (χ2n) is 8.10. The van der Waals surface area contributed by atoms with Gasteiger partial charge in [-0.2, -0.15) is 0 Å². The molecule has 1 heteroatoms. The van der Waals surface area contributed by atoms with E-state index >= 15 is 0 Å². The van der Waals surface area contributed by atoms with Crippen molar-refractivity contribution in [1.82, 2.24) is 0 Å². The Bertz CT molecular complexity index is 248. The van der Waals surface area contributed by atoms with Crippen LogP contribution in [-0.4, -0.2) is 6.29 Å². The highest BCUT2D eigenvalue weighted by Crippen LogP contribution is 2.16. The molecule has 0 rings (SSSR count).